The number of nitrogens with two attached hydrogens (primary N) is 1. The maximum absolute atomic E-state index is 12.0. The SMILES string of the molecule is Cc1c(N)cc(Cl)cc1S(=O)(=O)N[C@@H](C)CO. The van der Waals surface area contributed by atoms with Crippen LogP contribution in [0, 0.1) is 6.92 Å². The fraction of sp³-hybridized carbons (Fsp3) is 0.400. The second kappa shape index (κ2) is 5.22. The fourth-order valence-corrected chi connectivity index (χ4v) is 3.14. The van der Waals surface area contributed by atoms with Gasteiger partial charge in [-0.3, -0.25) is 0 Å². The Morgan fingerprint density at radius 2 is 2.12 bits per heavy atom. The smallest absolute Gasteiger partial charge is 0.241 e. The average molecular weight is 279 g/mol. The van der Waals surface area contributed by atoms with Gasteiger partial charge in [-0.15, -0.1) is 0 Å². The molecular formula is C10H15ClN2O3S. The Morgan fingerprint density at radius 1 is 1.53 bits per heavy atom. The van der Waals surface area contributed by atoms with Crippen LogP contribution >= 0.6 is 11.6 Å². The molecule has 5 nitrogen and oxygen atoms in total. The van der Waals surface area contributed by atoms with Crippen molar-refractivity contribution in [2.45, 2.75) is 24.8 Å². The number of aliphatic hydroxyl groups is 1. The van der Waals surface area contributed by atoms with Crippen molar-refractivity contribution in [3.63, 3.8) is 0 Å². The number of sulfonamides is 1. The van der Waals surface area contributed by atoms with Crippen molar-refractivity contribution in [2.24, 2.45) is 0 Å². The first-order valence-electron chi connectivity index (χ1n) is 4.96. The summed E-state index contributed by atoms with van der Waals surface area (Å²) in [6, 6.07) is 2.25. The van der Waals surface area contributed by atoms with E-state index in [9.17, 15) is 8.42 Å². The Morgan fingerprint density at radius 3 is 2.65 bits per heavy atom. The van der Waals surface area contributed by atoms with Gasteiger partial charge in [-0.2, -0.15) is 0 Å². The predicted molar refractivity (Wildman–Crippen MR) is 67.5 cm³/mol. The van der Waals surface area contributed by atoms with Crippen molar-refractivity contribution in [1.29, 1.82) is 0 Å². The lowest BCUT2D eigenvalue weighted by Gasteiger charge is -2.14. The van der Waals surface area contributed by atoms with E-state index in [4.69, 9.17) is 22.4 Å². The lowest BCUT2D eigenvalue weighted by Crippen LogP contribution is -2.35. The number of hydrogen-bond acceptors (Lipinski definition) is 4. The van der Waals surface area contributed by atoms with Gasteiger partial charge in [0, 0.05) is 16.8 Å². The van der Waals surface area contributed by atoms with Gasteiger partial charge in [0.2, 0.25) is 10.0 Å². The topological polar surface area (TPSA) is 92.4 Å². The number of halogens is 1. The van der Waals surface area contributed by atoms with Gasteiger partial charge in [-0.05, 0) is 31.5 Å². The van der Waals surface area contributed by atoms with E-state index in [0.717, 1.165) is 0 Å². The first-order chi connectivity index (χ1) is 7.77. The molecule has 0 aliphatic rings. The summed E-state index contributed by atoms with van der Waals surface area (Å²) in [5.74, 6) is 0. The quantitative estimate of drug-likeness (QED) is 0.713. The molecule has 1 aromatic rings. The highest BCUT2D eigenvalue weighted by molar-refractivity contribution is 7.89. The Balaban J connectivity index is 3.24. The van der Waals surface area contributed by atoms with Gasteiger partial charge < -0.3 is 10.8 Å². The largest absolute Gasteiger partial charge is 0.398 e. The molecule has 0 saturated heterocycles. The molecule has 96 valence electrons. The second-order valence-corrected chi connectivity index (χ2v) is 5.94. The predicted octanol–water partition coefficient (Wildman–Crippen LogP) is 0.890. The Kier molecular flexibility index (Phi) is 4.37. The first-order valence-corrected chi connectivity index (χ1v) is 6.83. The number of anilines is 1. The zero-order chi connectivity index (χ0) is 13.2. The van der Waals surface area contributed by atoms with E-state index in [1.54, 1.807) is 13.8 Å². The molecule has 0 aromatic heterocycles. The average Bonchev–Trinajstić information content (AvgIpc) is 2.22. The van der Waals surface area contributed by atoms with Gasteiger partial charge >= 0.3 is 0 Å². The molecule has 0 spiro atoms. The van der Waals surface area contributed by atoms with E-state index >= 15 is 0 Å². The third-order valence-electron chi connectivity index (χ3n) is 2.28. The lowest BCUT2D eigenvalue weighted by atomic mass is 10.2. The molecule has 17 heavy (non-hydrogen) atoms. The van der Waals surface area contributed by atoms with Crippen molar-refractivity contribution in [3.8, 4) is 0 Å². The summed E-state index contributed by atoms with van der Waals surface area (Å²) >= 11 is 5.78. The Bertz CT molecular complexity index is 517. The fourth-order valence-electron chi connectivity index (χ4n) is 1.32. The number of nitrogens with one attached hydrogen (secondary N) is 1. The molecule has 4 N–H and O–H groups in total. The number of aliphatic hydroxyl groups excluding tert-OH is 1. The first kappa shape index (κ1) is 14.2. The molecular weight excluding hydrogens is 264 g/mol. The van der Waals surface area contributed by atoms with Crippen LogP contribution in [-0.2, 0) is 10.0 Å². The normalized spacial score (nSPS) is 13.6. The minimum atomic E-state index is -3.72. The van der Waals surface area contributed by atoms with Gasteiger partial charge in [-0.25, -0.2) is 13.1 Å². The van der Waals surface area contributed by atoms with Crippen LogP contribution in [0.2, 0.25) is 5.02 Å². The highest BCUT2D eigenvalue weighted by atomic mass is 35.5. The van der Waals surface area contributed by atoms with Crippen LogP contribution in [0.3, 0.4) is 0 Å². The van der Waals surface area contributed by atoms with Crippen LogP contribution in [0.4, 0.5) is 5.69 Å². The highest BCUT2D eigenvalue weighted by Gasteiger charge is 2.20. The van der Waals surface area contributed by atoms with Crippen molar-refractivity contribution in [3.05, 3.63) is 22.7 Å². The zero-order valence-electron chi connectivity index (χ0n) is 9.57. The minimum absolute atomic E-state index is 0.0304. The summed E-state index contributed by atoms with van der Waals surface area (Å²) < 4.78 is 26.3. The van der Waals surface area contributed by atoms with Crippen molar-refractivity contribution < 1.29 is 13.5 Å². The molecule has 0 amide bonds. The summed E-state index contributed by atoms with van der Waals surface area (Å²) in [6.45, 7) is 2.87. The molecule has 0 bridgehead atoms. The van der Waals surface area contributed by atoms with E-state index in [0.29, 0.717) is 11.3 Å². The third-order valence-corrected chi connectivity index (χ3v) is 4.22. The number of rotatable bonds is 4. The van der Waals surface area contributed by atoms with E-state index in [-0.39, 0.29) is 16.5 Å². The van der Waals surface area contributed by atoms with Gasteiger partial charge in [-0.1, -0.05) is 11.6 Å². The molecule has 0 saturated carbocycles. The molecule has 1 atom stereocenters. The molecule has 0 fully saturated rings. The summed E-state index contributed by atoms with van der Waals surface area (Å²) in [5.41, 5.74) is 6.41. The minimum Gasteiger partial charge on any atom is -0.398 e. The van der Waals surface area contributed by atoms with Crippen molar-refractivity contribution in [2.75, 3.05) is 12.3 Å². The van der Waals surface area contributed by atoms with E-state index in [1.165, 1.54) is 12.1 Å². The van der Waals surface area contributed by atoms with E-state index < -0.39 is 16.1 Å². The molecule has 1 rings (SSSR count). The van der Waals surface area contributed by atoms with Gasteiger partial charge in [0.25, 0.3) is 0 Å². The maximum atomic E-state index is 12.0. The zero-order valence-corrected chi connectivity index (χ0v) is 11.1. The van der Waals surface area contributed by atoms with Crippen LogP contribution in [0.1, 0.15) is 12.5 Å². The van der Waals surface area contributed by atoms with E-state index in [1.807, 2.05) is 0 Å². The Hall–Kier alpha value is -0.820. The molecule has 0 radical (unpaired) electrons. The summed E-state index contributed by atoms with van der Waals surface area (Å²) in [5, 5.41) is 9.10. The van der Waals surface area contributed by atoms with Gasteiger partial charge in [0.1, 0.15) is 0 Å². The van der Waals surface area contributed by atoms with Crippen LogP contribution in [0.5, 0.6) is 0 Å². The molecule has 0 aliphatic carbocycles. The number of nitrogen functional groups attached to an aromatic ring is 1. The summed E-state index contributed by atoms with van der Waals surface area (Å²) in [4.78, 5) is 0.0304. The molecule has 7 heteroatoms. The summed E-state index contributed by atoms with van der Waals surface area (Å²) in [6.07, 6.45) is 0. The second-order valence-electron chi connectivity index (χ2n) is 3.82. The molecule has 0 unspecified atom stereocenters. The van der Waals surface area contributed by atoms with Crippen LogP contribution in [0.15, 0.2) is 17.0 Å². The van der Waals surface area contributed by atoms with Crippen LogP contribution in [-0.4, -0.2) is 26.2 Å². The van der Waals surface area contributed by atoms with Crippen LogP contribution < -0.4 is 10.5 Å². The molecule has 1 aromatic carbocycles. The number of hydrogen-bond donors (Lipinski definition) is 3. The van der Waals surface area contributed by atoms with Crippen molar-refractivity contribution >= 4 is 27.3 Å². The maximum Gasteiger partial charge on any atom is 0.241 e. The van der Waals surface area contributed by atoms with Gasteiger partial charge in [0.05, 0.1) is 11.5 Å². The molecule has 0 heterocycles. The van der Waals surface area contributed by atoms with Crippen molar-refractivity contribution in [1.82, 2.24) is 4.72 Å². The standard InChI is InChI=1S/C10H15ClN2O3S/c1-6(5-14)13-17(15,16)10-4-8(11)3-9(12)7(10)2/h3-4,6,13-14H,5,12H2,1-2H3/t6-/m0/s1. The highest BCUT2D eigenvalue weighted by Crippen LogP contribution is 2.25. The summed E-state index contributed by atoms with van der Waals surface area (Å²) in [7, 11) is -3.72. The third kappa shape index (κ3) is 3.32. The number of benzene rings is 1. The van der Waals surface area contributed by atoms with E-state index in [2.05, 4.69) is 4.72 Å². The lowest BCUT2D eigenvalue weighted by molar-refractivity contribution is 0.265. The Labute approximate surface area is 106 Å². The van der Waals surface area contributed by atoms with Crippen LogP contribution in [0.25, 0.3) is 0 Å². The molecule has 0 aliphatic heterocycles. The monoisotopic (exact) mass is 278 g/mol. The van der Waals surface area contributed by atoms with Gasteiger partial charge in [0.15, 0.2) is 0 Å².